The zero-order valence-electron chi connectivity index (χ0n) is 8.59. The number of rotatable bonds is 0. The lowest BCUT2D eigenvalue weighted by molar-refractivity contribution is 0.256. The number of urea groups is 1. The zero-order chi connectivity index (χ0) is 10.3. The van der Waals surface area contributed by atoms with Gasteiger partial charge in [0.1, 0.15) is 0 Å². The van der Waals surface area contributed by atoms with Crippen LogP contribution in [-0.4, -0.2) is 6.03 Å². The van der Waals surface area contributed by atoms with E-state index in [9.17, 15) is 4.79 Å². The second-order valence-electron chi connectivity index (χ2n) is 4.52. The highest BCUT2D eigenvalue weighted by atomic mass is 16.2. The van der Waals surface area contributed by atoms with Crippen LogP contribution in [0.2, 0.25) is 0 Å². The second kappa shape index (κ2) is 2.74. The molecule has 1 aliphatic rings. The number of nitrogens with one attached hydrogen (secondary N) is 1. The van der Waals surface area contributed by atoms with Crippen molar-refractivity contribution in [3.63, 3.8) is 0 Å². The lowest BCUT2D eigenvalue weighted by Gasteiger charge is -2.19. The van der Waals surface area contributed by atoms with Gasteiger partial charge in [-0.2, -0.15) is 5.32 Å². The summed E-state index contributed by atoms with van der Waals surface area (Å²) in [6.07, 6.45) is 0. The molecule has 14 heavy (non-hydrogen) atoms. The minimum atomic E-state index is -0.272. The highest BCUT2D eigenvalue weighted by Crippen LogP contribution is 2.32. The number of fused-ring (bicyclic) bond motifs is 1. The molecule has 73 valence electrons. The summed E-state index contributed by atoms with van der Waals surface area (Å²) in [5.41, 5.74) is 2.85. The maximum atomic E-state index is 11.0. The summed E-state index contributed by atoms with van der Waals surface area (Å²) in [6.45, 7) is 6.41. The monoisotopic (exact) mass is 189 g/mol. The smallest absolute Gasteiger partial charge is 0.304 e. The predicted octanol–water partition coefficient (Wildman–Crippen LogP) is 2.77. The molecule has 0 aromatic heterocycles. The van der Waals surface area contributed by atoms with Crippen LogP contribution < -0.4 is 10.6 Å². The van der Waals surface area contributed by atoms with Gasteiger partial charge in [-0.05, 0) is 23.1 Å². The lowest BCUT2D eigenvalue weighted by Crippen LogP contribution is -2.10. The Morgan fingerprint density at radius 1 is 1.29 bits per heavy atom. The summed E-state index contributed by atoms with van der Waals surface area (Å²) >= 11 is 0. The van der Waals surface area contributed by atoms with Crippen molar-refractivity contribution in [1.29, 1.82) is 0 Å². The number of hydrogen-bond acceptors (Lipinski definition) is 1. The molecule has 1 heterocycles. The number of anilines is 1. The van der Waals surface area contributed by atoms with E-state index in [1.807, 2.05) is 18.2 Å². The maximum absolute atomic E-state index is 11.0. The van der Waals surface area contributed by atoms with E-state index in [1.165, 1.54) is 5.56 Å². The fourth-order valence-electron chi connectivity index (χ4n) is 1.45. The Morgan fingerprint density at radius 3 is 2.64 bits per heavy atom. The van der Waals surface area contributed by atoms with Crippen molar-refractivity contribution in [2.24, 2.45) is 0 Å². The normalized spacial score (nSPS) is 14.6. The van der Waals surface area contributed by atoms with Gasteiger partial charge in [0.2, 0.25) is 0 Å². The van der Waals surface area contributed by atoms with E-state index in [1.54, 1.807) is 0 Å². The molecule has 0 atom stereocenters. The second-order valence-corrected chi connectivity index (χ2v) is 4.52. The highest BCUT2D eigenvalue weighted by molar-refractivity contribution is 6.02. The third-order valence-corrected chi connectivity index (χ3v) is 2.33. The molecule has 0 saturated carbocycles. The fraction of sp³-hybridized carbons (Fsp3) is 0.364. The van der Waals surface area contributed by atoms with Crippen molar-refractivity contribution < 1.29 is 4.79 Å². The molecule has 1 aliphatic heterocycles. The highest BCUT2D eigenvalue weighted by Gasteiger charge is 2.21. The van der Waals surface area contributed by atoms with Crippen molar-refractivity contribution in [2.45, 2.75) is 26.2 Å². The van der Waals surface area contributed by atoms with Crippen LogP contribution in [-0.2, 0) is 5.41 Å². The molecule has 2 amide bonds. The van der Waals surface area contributed by atoms with E-state index in [4.69, 9.17) is 0 Å². The summed E-state index contributed by atoms with van der Waals surface area (Å²) in [5.74, 6) is 0. The van der Waals surface area contributed by atoms with E-state index in [0.29, 0.717) is 0 Å². The van der Waals surface area contributed by atoms with Crippen LogP contribution in [0.3, 0.4) is 0 Å². The molecule has 0 fully saturated rings. The van der Waals surface area contributed by atoms with Crippen LogP contribution in [0.5, 0.6) is 0 Å². The Hall–Kier alpha value is -1.51. The van der Waals surface area contributed by atoms with Gasteiger partial charge in [-0.15, -0.1) is 0 Å². The number of hydrogen-bond donors (Lipinski definition) is 1. The van der Waals surface area contributed by atoms with Crippen molar-refractivity contribution in [2.75, 3.05) is 5.32 Å². The third-order valence-electron chi connectivity index (χ3n) is 2.33. The fourth-order valence-corrected chi connectivity index (χ4v) is 1.45. The number of carbonyl (C=O) groups is 1. The van der Waals surface area contributed by atoms with Gasteiger partial charge >= 0.3 is 6.03 Å². The lowest BCUT2D eigenvalue weighted by atomic mass is 9.87. The van der Waals surface area contributed by atoms with Gasteiger partial charge in [0.05, 0.1) is 11.4 Å². The molecule has 0 saturated heterocycles. The average molecular weight is 189 g/mol. The summed E-state index contributed by atoms with van der Waals surface area (Å²) < 4.78 is 0. The molecule has 3 heteroatoms. The Labute approximate surface area is 83.5 Å². The molecule has 0 spiro atoms. The molecule has 1 radical (unpaired) electrons. The zero-order valence-corrected chi connectivity index (χ0v) is 8.59. The van der Waals surface area contributed by atoms with Gasteiger partial charge in [-0.1, -0.05) is 26.8 Å². The van der Waals surface area contributed by atoms with Crippen molar-refractivity contribution in [3.8, 4) is 0 Å². The number of amides is 2. The Kier molecular flexibility index (Phi) is 1.77. The van der Waals surface area contributed by atoms with Crippen LogP contribution in [0.25, 0.3) is 0 Å². The van der Waals surface area contributed by atoms with E-state index in [2.05, 4.69) is 31.4 Å². The SMILES string of the molecule is CC(C)(C)c1ccc2c(c1)[N]C(=O)N2. The van der Waals surface area contributed by atoms with Crippen molar-refractivity contribution >= 4 is 17.4 Å². The largest absolute Gasteiger partial charge is 0.346 e. The van der Waals surface area contributed by atoms with Gasteiger partial charge in [0.25, 0.3) is 0 Å². The quantitative estimate of drug-likeness (QED) is 0.670. The Bertz CT molecular complexity index is 391. The van der Waals surface area contributed by atoms with Crippen LogP contribution in [0.4, 0.5) is 16.2 Å². The molecule has 0 unspecified atom stereocenters. The van der Waals surface area contributed by atoms with Gasteiger partial charge < -0.3 is 5.32 Å². The predicted molar refractivity (Wildman–Crippen MR) is 56.0 cm³/mol. The van der Waals surface area contributed by atoms with E-state index in [0.717, 1.165) is 11.4 Å². The van der Waals surface area contributed by atoms with Gasteiger partial charge in [-0.25, -0.2) is 4.79 Å². The average Bonchev–Trinajstić information content (AvgIpc) is 2.41. The molecule has 3 nitrogen and oxygen atoms in total. The van der Waals surface area contributed by atoms with Gasteiger partial charge in [0.15, 0.2) is 0 Å². The maximum Gasteiger partial charge on any atom is 0.346 e. The van der Waals surface area contributed by atoms with Gasteiger partial charge in [0, 0.05) is 0 Å². The Balaban J connectivity index is 2.43. The summed E-state index contributed by atoms with van der Waals surface area (Å²) in [7, 11) is 0. The number of carbonyl (C=O) groups excluding carboxylic acids is 1. The van der Waals surface area contributed by atoms with E-state index >= 15 is 0 Å². The van der Waals surface area contributed by atoms with Crippen molar-refractivity contribution in [3.05, 3.63) is 23.8 Å². The van der Waals surface area contributed by atoms with Gasteiger partial charge in [-0.3, -0.25) is 0 Å². The third kappa shape index (κ3) is 1.45. The van der Waals surface area contributed by atoms with Crippen LogP contribution in [0.15, 0.2) is 18.2 Å². The van der Waals surface area contributed by atoms with E-state index < -0.39 is 0 Å². The molecular weight excluding hydrogens is 176 g/mol. The number of benzene rings is 1. The molecule has 1 aromatic carbocycles. The molecule has 2 rings (SSSR count). The topological polar surface area (TPSA) is 43.2 Å². The van der Waals surface area contributed by atoms with Crippen LogP contribution in [0.1, 0.15) is 26.3 Å². The number of nitrogens with zero attached hydrogens (tertiary/aromatic N) is 1. The summed E-state index contributed by atoms with van der Waals surface area (Å²) in [5, 5.41) is 6.55. The molecule has 0 aliphatic carbocycles. The molecular formula is C11H13N2O. The molecule has 0 bridgehead atoms. The first-order valence-corrected chi connectivity index (χ1v) is 4.64. The van der Waals surface area contributed by atoms with Crippen molar-refractivity contribution in [1.82, 2.24) is 5.32 Å². The van der Waals surface area contributed by atoms with Crippen LogP contribution in [0, 0.1) is 0 Å². The standard InChI is InChI=1S/C11H13N2O/c1-11(2,3)7-4-5-8-9(6-7)13-10(14)12-8/h4-6H,1-3H3,(H,12,14). The van der Waals surface area contributed by atoms with E-state index in [-0.39, 0.29) is 11.4 Å². The minimum absolute atomic E-state index is 0.0934. The molecule has 1 N–H and O–H groups in total. The Morgan fingerprint density at radius 2 is 2.00 bits per heavy atom. The minimum Gasteiger partial charge on any atom is -0.304 e. The van der Waals surface area contributed by atoms with Crippen LogP contribution >= 0.6 is 0 Å². The first kappa shape index (κ1) is 9.06. The summed E-state index contributed by atoms with van der Waals surface area (Å²) in [4.78, 5) is 11.0. The first-order chi connectivity index (χ1) is 6.47. The first-order valence-electron chi connectivity index (χ1n) is 4.64. The molecule has 1 aromatic rings. The summed E-state index contributed by atoms with van der Waals surface area (Å²) in [6, 6.07) is 5.63.